The standard InChI is InChI=1S/C14H17F3N2O/c1-8(2)11-7-18-5-6-19(11)14(20)9-3-4-10(15)13(17)12(9)16/h3-4,8,11,18H,5-7H2,1-2H3. The van der Waals surface area contributed by atoms with Gasteiger partial charge in [0.25, 0.3) is 5.91 Å². The second kappa shape index (κ2) is 5.83. The van der Waals surface area contributed by atoms with E-state index in [-0.39, 0.29) is 12.0 Å². The molecular weight excluding hydrogens is 269 g/mol. The zero-order valence-electron chi connectivity index (χ0n) is 11.4. The Morgan fingerprint density at radius 1 is 1.30 bits per heavy atom. The highest BCUT2D eigenvalue weighted by Crippen LogP contribution is 2.20. The third-order valence-electron chi connectivity index (χ3n) is 3.58. The number of halogens is 3. The lowest BCUT2D eigenvalue weighted by molar-refractivity contribution is 0.0567. The molecule has 0 spiro atoms. The number of benzene rings is 1. The number of carbonyl (C=O) groups excluding carboxylic acids is 1. The summed E-state index contributed by atoms with van der Waals surface area (Å²) in [5.74, 6) is -4.73. The third-order valence-corrected chi connectivity index (χ3v) is 3.58. The van der Waals surface area contributed by atoms with Crippen molar-refractivity contribution in [3.8, 4) is 0 Å². The molecule has 3 nitrogen and oxygen atoms in total. The van der Waals surface area contributed by atoms with E-state index in [2.05, 4.69) is 5.32 Å². The molecule has 0 saturated carbocycles. The van der Waals surface area contributed by atoms with Gasteiger partial charge in [-0.05, 0) is 18.1 Å². The first-order valence-electron chi connectivity index (χ1n) is 6.58. The normalized spacial score (nSPS) is 19.5. The molecule has 1 fully saturated rings. The Hall–Kier alpha value is -1.56. The van der Waals surface area contributed by atoms with E-state index in [1.54, 1.807) is 0 Å². The number of hydrogen-bond acceptors (Lipinski definition) is 2. The van der Waals surface area contributed by atoms with Gasteiger partial charge in [-0.2, -0.15) is 0 Å². The topological polar surface area (TPSA) is 32.3 Å². The summed E-state index contributed by atoms with van der Waals surface area (Å²) in [6.45, 7) is 5.54. The molecule has 2 rings (SSSR count). The lowest BCUT2D eigenvalue weighted by atomic mass is 9.99. The van der Waals surface area contributed by atoms with Crippen molar-refractivity contribution in [2.75, 3.05) is 19.6 Å². The predicted octanol–water partition coefficient (Wildman–Crippen LogP) is 2.17. The summed E-state index contributed by atoms with van der Waals surface area (Å²) in [5.41, 5.74) is -0.420. The molecule has 1 atom stereocenters. The summed E-state index contributed by atoms with van der Waals surface area (Å²) in [6, 6.07) is 1.68. The molecule has 1 aromatic carbocycles. The van der Waals surface area contributed by atoms with Crippen LogP contribution in [0.25, 0.3) is 0 Å². The average molecular weight is 286 g/mol. The van der Waals surface area contributed by atoms with Gasteiger partial charge in [0, 0.05) is 25.7 Å². The van der Waals surface area contributed by atoms with Gasteiger partial charge in [-0.1, -0.05) is 13.8 Å². The van der Waals surface area contributed by atoms with Crippen LogP contribution in [0, 0.1) is 23.4 Å². The van der Waals surface area contributed by atoms with Crippen molar-refractivity contribution >= 4 is 5.91 Å². The van der Waals surface area contributed by atoms with Crippen LogP contribution in [-0.4, -0.2) is 36.5 Å². The molecule has 1 aromatic rings. The fraction of sp³-hybridized carbons (Fsp3) is 0.500. The Morgan fingerprint density at radius 2 is 2.00 bits per heavy atom. The molecule has 1 amide bonds. The highest BCUT2D eigenvalue weighted by molar-refractivity contribution is 5.94. The summed E-state index contributed by atoms with van der Waals surface area (Å²) in [7, 11) is 0. The number of hydrogen-bond donors (Lipinski definition) is 1. The van der Waals surface area contributed by atoms with Crippen molar-refractivity contribution in [1.29, 1.82) is 0 Å². The molecule has 1 aliphatic rings. The van der Waals surface area contributed by atoms with Crippen LogP contribution in [0.1, 0.15) is 24.2 Å². The third kappa shape index (κ3) is 2.65. The molecule has 0 aromatic heterocycles. The van der Waals surface area contributed by atoms with Crippen LogP contribution < -0.4 is 5.32 Å². The highest BCUT2D eigenvalue weighted by Gasteiger charge is 2.31. The first-order chi connectivity index (χ1) is 9.43. The molecule has 6 heteroatoms. The molecule has 0 aliphatic carbocycles. The quantitative estimate of drug-likeness (QED) is 0.845. The first-order valence-corrected chi connectivity index (χ1v) is 6.58. The van der Waals surface area contributed by atoms with Gasteiger partial charge in [0.05, 0.1) is 5.56 Å². The van der Waals surface area contributed by atoms with Crippen LogP contribution in [-0.2, 0) is 0 Å². The zero-order valence-corrected chi connectivity index (χ0v) is 11.4. The minimum Gasteiger partial charge on any atom is -0.333 e. The number of carbonyl (C=O) groups is 1. The SMILES string of the molecule is CC(C)C1CNCCN1C(=O)c1ccc(F)c(F)c1F. The molecule has 1 saturated heterocycles. The Bertz CT molecular complexity index is 519. The van der Waals surface area contributed by atoms with E-state index in [1.807, 2.05) is 13.8 Å². The van der Waals surface area contributed by atoms with Crippen molar-refractivity contribution in [3.63, 3.8) is 0 Å². The number of rotatable bonds is 2. The summed E-state index contributed by atoms with van der Waals surface area (Å²) in [6.07, 6.45) is 0. The van der Waals surface area contributed by atoms with Gasteiger partial charge in [-0.3, -0.25) is 4.79 Å². The van der Waals surface area contributed by atoms with E-state index >= 15 is 0 Å². The number of piperazine rings is 1. The van der Waals surface area contributed by atoms with Crippen molar-refractivity contribution in [3.05, 3.63) is 35.1 Å². The van der Waals surface area contributed by atoms with Crippen LogP contribution in [0.2, 0.25) is 0 Å². The molecule has 20 heavy (non-hydrogen) atoms. The Kier molecular flexibility index (Phi) is 4.32. The van der Waals surface area contributed by atoms with Gasteiger partial charge in [-0.15, -0.1) is 0 Å². The maximum atomic E-state index is 13.7. The fourth-order valence-electron chi connectivity index (χ4n) is 2.42. The van der Waals surface area contributed by atoms with Gasteiger partial charge in [0.2, 0.25) is 0 Å². The molecule has 1 unspecified atom stereocenters. The molecule has 1 aliphatic heterocycles. The number of amides is 1. The average Bonchev–Trinajstić information content (AvgIpc) is 2.44. The van der Waals surface area contributed by atoms with Crippen LogP contribution in [0.5, 0.6) is 0 Å². The van der Waals surface area contributed by atoms with Gasteiger partial charge in [-0.25, -0.2) is 13.2 Å². The van der Waals surface area contributed by atoms with Crippen molar-refractivity contribution < 1.29 is 18.0 Å². The molecule has 0 radical (unpaired) electrons. The van der Waals surface area contributed by atoms with Crippen LogP contribution >= 0.6 is 0 Å². The maximum absolute atomic E-state index is 13.7. The fourth-order valence-corrected chi connectivity index (χ4v) is 2.42. The Morgan fingerprint density at radius 3 is 2.65 bits per heavy atom. The summed E-state index contributed by atoms with van der Waals surface area (Å²) in [4.78, 5) is 13.9. The van der Waals surface area contributed by atoms with E-state index in [1.165, 1.54) is 4.90 Å². The smallest absolute Gasteiger partial charge is 0.257 e. The number of nitrogens with one attached hydrogen (secondary N) is 1. The predicted molar refractivity (Wildman–Crippen MR) is 68.8 cm³/mol. The van der Waals surface area contributed by atoms with Crippen LogP contribution in [0.3, 0.4) is 0 Å². The van der Waals surface area contributed by atoms with Gasteiger partial charge >= 0.3 is 0 Å². The molecule has 1 N–H and O–H groups in total. The monoisotopic (exact) mass is 286 g/mol. The molecule has 0 bridgehead atoms. The second-order valence-corrected chi connectivity index (χ2v) is 5.24. The van der Waals surface area contributed by atoms with E-state index in [9.17, 15) is 18.0 Å². The molecule has 1 heterocycles. The van der Waals surface area contributed by atoms with Crippen LogP contribution in [0.4, 0.5) is 13.2 Å². The lowest BCUT2D eigenvalue weighted by Gasteiger charge is -2.38. The van der Waals surface area contributed by atoms with E-state index in [4.69, 9.17) is 0 Å². The number of nitrogens with zero attached hydrogens (tertiary/aromatic N) is 1. The van der Waals surface area contributed by atoms with Crippen molar-refractivity contribution in [2.45, 2.75) is 19.9 Å². The van der Waals surface area contributed by atoms with Crippen molar-refractivity contribution in [1.82, 2.24) is 10.2 Å². The van der Waals surface area contributed by atoms with Crippen molar-refractivity contribution in [2.24, 2.45) is 5.92 Å². The Balaban J connectivity index is 2.32. The van der Waals surface area contributed by atoms with Gasteiger partial charge in [0.15, 0.2) is 17.5 Å². The van der Waals surface area contributed by atoms with Crippen LogP contribution in [0.15, 0.2) is 12.1 Å². The molecule has 110 valence electrons. The van der Waals surface area contributed by atoms with E-state index in [0.717, 1.165) is 12.1 Å². The zero-order chi connectivity index (χ0) is 14.9. The summed E-state index contributed by atoms with van der Waals surface area (Å²) >= 11 is 0. The van der Waals surface area contributed by atoms with E-state index in [0.29, 0.717) is 19.6 Å². The van der Waals surface area contributed by atoms with Gasteiger partial charge in [0.1, 0.15) is 0 Å². The first kappa shape index (κ1) is 14.8. The molecular formula is C14H17F3N2O. The lowest BCUT2D eigenvalue weighted by Crippen LogP contribution is -2.55. The minimum atomic E-state index is -1.60. The largest absolute Gasteiger partial charge is 0.333 e. The minimum absolute atomic E-state index is 0.0937. The summed E-state index contributed by atoms with van der Waals surface area (Å²) < 4.78 is 39.9. The maximum Gasteiger partial charge on any atom is 0.257 e. The summed E-state index contributed by atoms with van der Waals surface area (Å²) in [5, 5.41) is 3.17. The van der Waals surface area contributed by atoms with Gasteiger partial charge < -0.3 is 10.2 Å². The van der Waals surface area contributed by atoms with E-state index < -0.39 is 28.9 Å². The highest BCUT2D eigenvalue weighted by atomic mass is 19.2. The second-order valence-electron chi connectivity index (χ2n) is 5.24. The Labute approximate surface area is 115 Å².